The van der Waals surface area contributed by atoms with Crippen LogP contribution in [0.5, 0.6) is 5.75 Å². The highest BCUT2D eigenvalue weighted by atomic mass is 16.5. The molecule has 0 aliphatic carbocycles. The Labute approximate surface area is 158 Å². The summed E-state index contributed by atoms with van der Waals surface area (Å²) in [7, 11) is 0. The van der Waals surface area contributed by atoms with Crippen LogP contribution in [0.3, 0.4) is 0 Å². The monoisotopic (exact) mass is 354 g/mol. The summed E-state index contributed by atoms with van der Waals surface area (Å²) < 4.78 is 5.16. The van der Waals surface area contributed by atoms with Crippen molar-refractivity contribution in [3.8, 4) is 17.1 Å². The fourth-order valence-electron chi connectivity index (χ4n) is 2.26. The Morgan fingerprint density at radius 1 is 0.630 bits per heavy atom. The van der Waals surface area contributed by atoms with Crippen LogP contribution in [-0.2, 0) is 0 Å². The van der Waals surface area contributed by atoms with Gasteiger partial charge in [-0.25, -0.2) is 14.8 Å². The minimum Gasteiger partial charge on any atom is -0.423 e. The number of rotatable bonds is 3. The molecule has 0 fully saturated rings. The number of para-hydroxylation sites is 1. The number of hydrogen-bond acceptors (Lipinski definition) is 4. The molecule has 0 saturated carbocycles. The van der Waals surface area contributed by atoms with Crippen molar-refractivity contribution in [2.75, 3.05) is 0 Å². The third kappa shape index (κ3) is 5.61. The minimum atomic E-state index is -0.332. The highest BCUT2D eigenvalue weighted by molar-refractivity contribution is 5.90. The van der Waals surface area contributed by atoms with Crippen LogP contribution in [-0.4, -0.2) is 15.9 Å². The van der Waals surface area contributed by atoms with Crippen LogP contribution in [0.25, 0.3) is 11.4 Å². The van der Waals surface area contributed by atoms with Crippen LogP contribution >= 0.6 is 0 Å². The lowest BCUT2D eigenvalue weighted by atomic mass is 10.2. The Kier molecular flexibility index (Phi) is 6.43. The van der Waals surface area contributed by atoms with Gasteiger partial charge in [-0.15, -0.1) is 0 Å². The van der Waals surface area contributed by atoms with E-state index in [1.807, 2.05) is 72.8 Å². The van der Waals surface area contributed by atoms with E-state index in [0.717, 1.165) is 11.4 Å². The second-order valence-corrected chi connectivity index (χ2v) is 5.51. The lowest BCUT2D eigenvalue weighted by molar-refractivity contribution is 0.0735. The summed E-state index contributed by atoms with van der Waals surface area (Å²) in [6, 6.07) is 29.7. The van der Waals surface area contributed by atoms with Crippen LogP contribution in [0.2, 0.25) is 0 Å². The first-order valence-corrected chi connectivity index (χ1v) is 8.47. The fourth-order valence-corrected chi connectivity index (χ4v) is 2.26. The summed E-state index contributed by atoms with van der Waals surface area (Å²) in [5.74, 6) is 1.01. The van der Waals surface area contributed by atoms with Crippen molar-refractivity contribution in [3.63, 3.8) is 0 Å². The number of ether oxygens (including phenoxy) is 1. The van der Waals surface area contributed by atoms with Gasteiger partial charge in [0.25, 0.3) is 0 Å². The SMILES string of the molecule is O=C(Oc1ccccc1)c1ccccc1.c1ccc(-c2ncccn2)cc1. The third-order valence-corrected chi connectivity index (χ3v) is 3.56. The van der Waals surface area contributed by atoms with Gasteiger partial charge in [-0.1, -0.05) is 66.7 Å². The van der Waals surface area contributed by atoms with Crippen molar-refractivity contribution in [2.24, 2.45) is 0 Å². The summed E-state index contributed by atoms with van der Waals surface area (Å²) in [6.07, 6.45) is 3.49. The lowest BCUT2D eigenvalue weighted by Gasteiger charge is -2.02. The number of carbonyl (C=O) groups excluding carboxylic acids is 1. The molecule has 132 valence electrons. The molecular formula is C23H18N2O2. The van der Waals surface area contributed by atoms with Crippen molar-refractivity contribution in [2.45, 2.75) is 0 Å². The highest BCUT2D eigenvalue weighted by Crippen LogP contribution is 2.12. The molecule has 0 atom stereocenters. The Hall–Kier alpha value is -3.79. The number of aromatic nitrogens is 2. The molecule has 0 spiro atoms. The van der Waals surface area contributed by atoms with Gasteiger partial charge < -0.3 is 4.74 Å². The quantitative estimate of drug-likeness (QED) is 0.382. The largest absolute Gasteiger partial charge is 0.423 e. The first-order chi connectivity index (χ1) is 13.3. The Morgan fingerprint density at radius 2 is 1.15 bits per heavy atom. The summed E-state index contributed by atoms with van der Waals surface area (Å²) in [5, 5.41) is 0. The van der Waals surface area contributed by atoms with Gasteiger partial charge in [-0.2, -0.15) is 0 Å². The van der Waals surface area contributed by atoms with E-state index < -0.39 is 0 Å². The van der Waals surface area contributed by atoms with Gasteiger partial charge in [0.1, 0.15) is 5.75 Å². The number of benzene rings is 3. The molecule has 0 amide bonds. The lowest BCUT2D eigenvalue weighted by Crippen LogP contribution is -2.07. The molecule has 4 rings (SSSR count). The molecule has 3 aromatic carbocycles. The summed E-state index contributed by atoms with van der Waals surface area (Å²) in [6.45, 7) is 0. The van der Waals surface area contributed by atoms with E-state index in [9.17, 15) is 4.79 Å². The Morgan fingerprint density at radius 3 is 1.74 bits per heavy atom. The van der Waals surface area contributed by atoms with E-state index in [1.54, 1.807) is 36.7 Å². The number of nitrogens with zero attached hydrogens (tertiary/aromatic N) is 2. The molecule has 0 radical (unpaired) electrons. The zero-order chi connectivity index (χ0) is 18.7. The molecule has 0 aliphatic heterocycles. The maximum atomic E-state index is 11.6. The molecule has 4 aromatic rings. The maximum absolute atomic E-state index is 11.6. The Bertz CT molecular complexity index is 907. The number of carbonyl (C=O) groups is 1. The molecule has 0 aliphatic rings. The average Bonchev–Trinajstić information content (AvgIpc) is 2.77. The van der Waals surface area contributed by atoms with Crippen molar-refractivity contribution >= 4 is 5.97 Å². The average molecular weight is 354 g/mol. The molecule has 0 bridgehead atoms. The number of esters is 1. The second-order valence-electron chi connectivity index (χ2n) is 5.51. The smallest absolute Gasteiger partial charge is 0.343 e. The predicted molar refractivity (Wildman–Crippen MR) is 105 cm³/mol. The third-order valence-electron chi connectivity index (χ3n) is 3.56. The molecule has 4 heteroatoms. The van der Waals surface area contributed by atoms with Crippen LogP contribution in [0, 0.1) is 0 Å². The van der Waals surface area contributed by atoms with E-state index >= 15 is 0 Å². The van der Waals surface area contributed by atoms with Gasteiger partial charge in [0, 0.05) is 18.0 Å². The normalized spacial score (nSPS) is 9.63. The fraction of sp³-hybridized carbons (Fsp3) is 0. The van der Waals surface area contributed by atoms with Crippen LogP contribution in [0.15, 0.2) is 109 Å². The van der Waals surface area contributed by atoms with E-state index in [-0.39, 0.29) is 5.97 Å². The maximum Gasteiger partial charge on any atom is 0.343 e. The van der Waals surface area contributed by atoms with Crippen molar-refractivity contribution in [1.82, 2.24) is 9.97 Å². The molecule has 1 heterocycles. The Balaban J connectivity index is 0.000000159. The minimum absolute atomic E-state index is 0.332. The van der Waals surface area contributed by atoms with Crippen LogP contribution < -0.4 is 4.74 Å². The van der Waals surface area contributed by atoms with Gasteiger partial charge in [0.15, 0.2) is 5.82 Å². The van der Waals surface area contributed by atoms with Gasteiger partial charge in [-0.3, -0.25) is 0 Å². The van der Waals surface area contributed by atoms with Crippen LogP contribution in [0.4, 0.5) is 0 Å². The predicted octanol–water partition coefficient (Wildman–Crippen LogP) is 5.05. The van der Waals surface area contributed by atoms with Crippen molar-refractivity contribution in [3.05, 3.63) is 115 Å². The number of hydrogen-bond donors (Lipinski definition) is 0. The van der Waals surface area contributed by atoms with E-state index in [1.165, 1.54) is 0 Å². The standard InChI is InChI=1S/C13H10O2.C10H8N2/c14-13(11-7-3-1-4-8-11)15-12-9-5-2-6-10-12;1-2-5-9(6-3-1)10-11-7-4-8-12-10/h1-10H;1-8H. The van der Waals surface area contributed by atoms with E-state index in [4.69, 9.17) is 4.74 Å². The topological polar surface area (TPSA) is 52.1 Å². The van der Waals surface area contributed by atoms with Gasteiger partial charge in [-0.05, 0) is 30.3 Å². The molecule has 4 nitrogen and oxygen atoms in total. The van der Waals surface area contributed by atoms with E-state index in [2.05, 4.69) is 9.97 Å². The molecule has 1 aromatic heterocycles. The van der Waals surface area contributed by atoms with Crippen molar-refractivity contribution in [1.29, 1.82) is 0 Å². The zero-order valence-electron chi connectivity index (χ0n) is 14.6. The van der Waals surface area contributed by atoms with Gasteiger partial charge >= 0.3 is 5.97 Å². The van der Waals surface area contributed by atoms with Gasteiger partial charge in [0.05, 0.1) is 5.56 Å². The van der Waals surface area contributed by atoms with Crippen LogP contribution in [0.1, 0.15) is 10.4 Å². The first kappa shape index (κ1) is 18.0. The van der Waals surface area contributed by atoms with E-state index in [0.29, 0.717) is 11.3 Å². The highest BCUT2D eigenvalue weighted by Gasteiger charge is 2.06. The second kappa shape index (κ2) is 9.63. The molecular weight excluding hydrogens is 336 g/mol. The molecule has 0 unspecified atom stereocenters. The van der Waals surface area contributed by atoms with Gasteiger partial charge in [0.2, 0.25) is 0 Å². The molecule has 27 heavy (non-hydrogen) atoms. The summed E-state index contributed by atoms with van der Waals surface area (Å²) in [4.78, 5) is 19.9. The first-order valence-electron chi connectivity index (χ1n) is 8.47. The van der Waals surface area contributed by atoms with Crippen molar-refractivity contribution < 1.29 is 9.53 Å². The molecule has 0 saturated heterocycles. The molecule has 0 N–H and O–H groups in total. The zero-order valence-corrected chi connectivity index (χ0v) is 14.6. The summed E-state index contributed by atoms with van der Waals surface area (Å²) >= 11 is 0. The summed E-state index contributed by atoms with van der Waals surface area (Å²) in [5.41, 5.74) is 1.61.